The zero-order valence-corrected chi connectivity index (χ0v) is 15.9. The first-order valence-electron chi connectivity index (χ1n) is 9.44. The van der Waals surface area contributed by atoms with Gasteiger partial charge in [0.25, 0.3) is 5.91 Å². The summed E-state index contributed by atoms with van der Waals surface area (Å²) in [6.45, 7) is 1.56. The first-order chi connectivity index (χ1) is 13.7. The van der Waals surface area contributed by atoms with E-state index in [1.54, 1.807) is 11.0 Å². The van der Waals surface area contributed by atoms with Crippen molar-refractivity contribution in [3.63, 3.8) is 0 Å². The van der Waals surface area contributed by atoms with Gasteiger partial charge in [-0.2, -0.15) is 13.2 Å². The number of nitrogens with zero attached hydrogens (tertiary/aromatic N) is 2. The molecule has 0 unspecified atom stereocenters. The fourth-order valence-corrected chi connectivity index (χ4v) is 4.39. The normalized spacial score (nSPS) is 18.6. The van der Waals surface area contributed by atoms with Gasteiger partial charge in [0, 0.05) is 37.4 Å². The van der Waals surface area contributed by atoms with Crippen LogP contribution in [0.3, 0.4) is 0 Å². The lowest BCUT2D eigenvalue weighted by Crippen LogP contribution is -2.56. The first kappa shape index (κ1) is 19.6. The zero-order chi connectivity index (χ0) is 20.8. The van der Waals surface area contributed by atoms with Gasteiger partial charge in [0.15, 0.2) is 11.5 Å². The Morgan fingerprint density at radius 2 is 1.90 bits per heavy atom. The van der Waals surface area contributed by atoms with Gasteiger partial charge in [-0.3, -0.25) is 4.79 Å². The van der Waals surface area contributed by atoms with E-state index in [0.717, 1.165) is 6.07 Å². The van der Waals surface area contributed by atoms with Crippen molar-refractivity contribution in [2.24, 2.45) is 0 Å². The second-order valence-electron chi connectivity index (χ2n) is 7.44. The molecule has 6 nitrogen and oxygen atoms in total. The van der Waals surface area contributed by atoms with Crippen LogP contribution in [-0.4, -0.2) is 47.2 Å². The maximum atomic E-state index is 13.3. The van der Waals surface area contributed by atoms with Gasteiger partial charge in [0.05, 0.1) is 12.6 Å². The average molecular weight is 409 g/mol. The molecule has 1 aromatic heterocycles. The summed E-state index contributed by atoms with van der Waals surface area (Å²) in [7, 11) is 1.41. The quantitative estimate of drug-likeness (QED) is 0.801. The lowest BCUT2D eigenvalue weighted by atomic mass is 9.83. The summed E-state index contributed by atoms with van der Waals surface area (Å²) in [6.07, 6.45) is -3.34. The number of ether oxygens (including phenoxy) is 1. The van der Waals surface area contributed by atoms with Gasteiger partial charge in [0.2, 0.25) is 0 Å². The average Bonchev–Trinajstić information content (AvgIpc) is 3.15. The van der Waals surface area contributed by atoms with Crippen LogP contribution in [0.1, 0.15) is 34.6 Å². The number of fused-ring (bicyclic) bond motifs is 2. The predicted octanol–water partition coefficient (Wildman–Crippen LogP) is 2.96. The van der Waals surface area contributed by atoms with Gasteiger partial charge in [-0.1, -0.05) is 0 Å². The number of hydrogen-bond acceptors (Lipinski definition) is 4. The third kappa shape index (κ3) is 3.33. The second-order valence-corrected chi connectivity index (χ2v) is 7.44. The van der Waals surface area contributed by atoms with Crippen molar-refractivity contribution in [1.82, 2.24) is 14.8 Å². The van der Waals surface area contributed by atoms with Crippen molar-refractivity contribution >= 4 is 5.91 Å². The highest BCUT2D eigenvalue weighted by atomic mass is 19.4. The van der Waals surface area contributed by atoms with Crippen LogP contribution in [0.2, 0.25) is 0 Å². The highest BCUT2D eigenvalue weighted by Crippen LogP contribution is 2.40. The van der Waals surface area contributed by atoms with E-state index >= 15 is 0 Å². The number of methoxy groups -OCH3 is 1. The van der Waals surface area contributed by atoms with E-state index in [0.29, 0.717) is 43.7 Å². The number of rotatable bonds is 2. The lowest BCUT2D eigenvalue weighted by molar-refractivity contribution is -0.144. The van der Waals surface area contributed by atoms with Crippen molar-refractivity contribution < 1.29 is 27.8 Å². The number of aromatic hydroxyl groups is 1. The third-order valence-electron chi connectivity index (χ3n) is 5.89. The highest BCUT2D eigenvalue weighted by molar-refractivity contribution is 5.95. The number of phenolic OH excluding ortho intramolecular Hbond substituents is 1. The van der Waals surface area contributed by atoms with Crippen molar-refractivity contribution in [2.45, 2.75) is 31.1 Å². The molecule has 0 atom stereocenters. The van der Waals surface area contributed by atoms with Crippen LogP contribution in [0.4, 0.5) is 13.2 Å². The van der Waals surface area contributed by atoms with Crippen molar-refractivity contribution in [1.29, 1.82) is 0 Å². The third-order valence-corrected chi connectivity index (χ3v) is 5.89. The smallest absolute Gasteiger partial charge is 0.431 e. The molecule has 2 aliphatic heterocycles. The molecule has 2 aliphatic rings. The second kappa shape index (κ2) is 6.98. The molecule has 156 valence electrons. The number of aromatic nitrogens is 1. The van der Waals surface area contributed by atoms with Gasteiger partial charge in [-0.05, 0) is 43.2 Å². The van der Waals surface area contributed by atoms with E-state index in [1.165, 1.54) is 29.9 Å². The molecule has 3 heterocycles. The SMILES string of the molecule is COc1cc(C(=O)N2CCC3(CC2)NCCn2c(C(F)(F)F)ccc23)ccc1O. The van der Waals surface area contributed by atoms with E-state index in [2.05, 4.69) is 5.32 Å². The van der Waals surface area contributed by atoms with Crippen molar-refractivity contribution in [2.75, 3.05) is 26.7 Å². The molecule has 4 rings (SSSR count). The first-order valence-corrected chi connectivity index (χ1v) is 9.44. The van der Waals surface area contributed by atoms with Crippen LogP contribution < -0.4 is 10.1 Å². The molecule has 2 N–H and O–H groups in total. The molecule has 0 bridgehead atoms. The van der Waals surface area contributed by atoms with E-state index in [1.807, 2.05) is 0 Å². The summed E-state index contributed by atoms with van der Waals surface area (Å²) in [6, 6.07) is 7.12. The van der Waals surface area contributed by atoms with Crippen LogP contribution in [-0.2, 0) is 18.3 Å². The number of likely N-dealkylation sites (tertiary alicyclic amines) is 1. The van der Waals surface area contributed by atoms with Crippen LogP contribution in [0.15, 0.2) is 30.3 Å². The molecule has 29 heavy (non-hydrogen) atoms. The van der Waals surface area contributed by atoms with Gasteiger partial charge >= 0.3 is 6.18 Å². The fourth-order valence-electron chi connectivity index (χ4n) is 4.39. The number of amides is 1. The topological polar surface area (TPSA) is 66.7 Å². The molecule has 1 fully saturated rings. The number of benzene rings is 1. The summed E-state index contributed by atoms with van der Waals surface area (Å²) in [5.74, 6) is -0.0228. The number of phenols is 1. The summed E-state index contributed by atoms with van der Waals surface area (Å²) < 4.78 is 46.3. The Morgan fingerprint density at radius 3 is 2.55 bits per heavy atom. The van der Waals surface area contributed by atoms with Crippen LogP contribution in [0.25, 0.3) is 0 Å². The van der Waals surface area contributed by atoms with Gasteiger partial charge in [-0.25, -0.2) is 0 Å². The minimum atomic E-state index is -4.38. The number of piperidine rings is 1. The molecule has 2 aromatic rings. The molecule has 0 aliphatic carbocycles. The maximum absolute atomic E-state index is 13.3. The fraction of sp³-hybridized carbons (Fsp3) is 0.450. The number of carbonyl (C=O) groups is 1. The Balaban J connectivity index is 1.53. The Morgan fingerprint density at radius 1 is 1.17 bits per heavy atom. The highest BCUT2D eigenvalue weighted by Gasteiger charge is 2.44. The largest absolute Gasteiger partial charge is 0.504 e. The molecule has 0 saturated carbocycles. The molecule has 1 amide bonds. The van der Waals surface area contributed by atoms with E-state index in [4.69, 9.17) is 4.74 Å². The monoisotopic (exact) mass is 409 g/mol. The molecule has 1 aromatic carbocycles. The van der Waals surface area contributed by atoms with Crippen LogP contribution in [0, 0.1) is 0 Å². The standard InChI is InChI=1S/C20H22F3N3O3/c1-29-15-12-13(2-3-14(15)27)18(28)25-9-6-19(7-10-25)16-4-5-17(20(21,22)23)26(16)11-8-24-19/h2-5,12,24,27H,6-11H2,1H3. The van der Waals surface area contributed by atoms with E-state index in [9.17, 15) is 23.1 Å². The Bertz CT molecular complexity index is 931. The van der Waals surface area contributed by atoms with Gasteiger partial charge in [-0.15, -0.1) is 0 Å². The minimum Gasteiger partial charge on any atom is -0.504 e. The Kier molecular flexibility index (Phi) is 4.72. The number of nitrogens with one attached hydrogen (secondary N) is 1. The lowest BCUT2D eigenvalue weighted by Gasteiger charge is -2.45. The molecule has 1 spiro atoms. The molecule has 0 radical (unpaired) electrons. The van der Waals surface area contributed by atoms with Crippen molar-refractivity contribution in [3.8, 4) is 11.5 Å². The molecule has 1 saturated heterocycles. The Labute approximate surface area is 165 Å². The van der Waals surface area contributed by atoms with Crippen LogP contribution >= 0.6 is 0 Å². The maximum Gasteiger partial charge on any atom is 0.431 e. The summed E-state index contributed by atoms with van der Waals surface area (Å²) >= 11 is 0. The molecule has 9 heteroatoms. The van der Waals surface area contributed by atoms with E-state index < -0.39 is 17.4 Å². The number of hydrogen-bond donors (Lipinski definition) is 2. The number of halogens is 3. The summed E-state index contributed by atoms with van der Waals surface area (Å²) in [4.78, 5) is 14.5. The van der Waals surface area contributed by atoms with Crippen molar-refractivity contribution in [3.05, 3.63) is 47.3 Å². The number of alkyl halides is 3. The van der Waals surface area contributed by atoms with Gasteiger partial charge in [0.1, 0.15) is 5.69 Å². The Hall–Kier alpha value is -2.68. The van der Waals surface area contributed by atoms with E-state index in [-0.39, 0.29) is 24.0 Å². The minimum absolute atomic E-state index is 0.0470. The molecular weight excluding hydrogens is 387 g/mol. The summed E-state index contributed by atoms with van der Waals surface area (Å²) in [5, 5.41) is 13.1. The van der Waals surface area contributed by atoms with Crippen LogP contribution in [0.5, 0.6) is 11.5 Å². The summed E-state index contributed by atoms with van der Waals surface area (Å²) in [5.41, 5.74) is -0.155. The number of carbonyl (C=O) groups excluding carboxylic acids is 1. The zero-order valence-electron chi connectivity index (χ0n) is 15.9. The van der Waals surface area contributed by atoms with Gasteiger partial charge < -0.3 is 24.6 Å². The molecular formula is C20H22F3N3O3. The predicted molar refractivity (Wildman–Crippen MR) is 98.9 cm³/mol.